The molecule has 0 fully saturated rings. The second-order valence-electron chi connectivity index (χ2n) is 4.84. The number of thioether (sulfide) groups is 1. The molecular formula is C17H16N2OS. The van der Waals surface area contributed by atoms with Crippen molar-refractivity contribution in [3.8, 4) is 0 Å². The van der Waals surface area contributed by atoms with E-state index in [0.717, 1.165) is 40.4 Å². The summed E-state index contributed by atoms with van der Waals surface area (Å²) in [6.45, 7) is 0. The van der Waals surface area contributed by atoms with Gasteiger partial charge in [-0.15, -0.1) is 11.8 Å². The first-order valence-corrected chi connectivity index (χ1v) is 8.10. The van der Waals surface area contributed by atoms with Crippen molar-refractivity contribution >= 4 is 23.4 Å². The molecule has 1 aromatic heterocycles. The predicted octanol–water partition coefficient (Wildman–Crippen LogP) is 3.90. The number of hydrogen-bond acceptors (Lipinski definition) is 4. The number of carbonyl (C=O) groups excluding carboxylic acids is 1. The third-order valence-electron chi connectivity index (χ3n) is 3.57. The van der Waals surface area contributed by atoms with Crippen LogP contribution in [0.3, 0.4) is 0 Å². The van der Waals surface area contributed by atoms with Crippen molar-refractivity contribution in [1.29, 1.82) is 0 Å². The van der Waals surface area contributed by atoms with Crippen LogP contribution in [-0.4, -0.2) is 17.0 Å². The Kier molecular flexibility index (Phi) is 4.06. The Morgan fingerprint density at radius 1 is 1.14 bits per heavy atom. The maximum atomic E-state index is 12.7. The molecule has 1 N–H and O–H groups in total. The number of fused-ring (bicyclic) bond motifs is 1. The van der Waals surface area contributed by atoms with Crippen LogP contribution >= 0.6 is 11.8 Å². The van der Waals surface area contributed by atoms with E-state index < -0.39 is 0 Å². The van der Waals surface area contributed by atoms with Gasteiger partial charge in [0.05, 0.1) is 5.03 Å². The van der Waals surface area contributed by atoms with Gasteiger partial charge in [0.25, 0.3) is 0 Å². The molecule has 4 heteroatoms. The summed E-state index contributed by atoms with van der Waals surface area (Å²) in [4.78, 5) is 16.9. The summed E-state index contributed by atoms with van der Waals surface area (Å²) in [5.41, 5.74) is 2.82. The number of anilines is 1. The summed E-state index contributed by atoms with van der Waals surface area (Å²) in [5, 5.41) is 4.17. The van der Waals surface area contributed by atoms with Gasteiger partial charge >= 0.3 is 0 Å². The Hall–Kier alpha value is -2.07. The second-order valence-corrected chi connectivity index (χ2v) is 5.65. The summed E-state index contributed by atoms with van der Waals surface area (Å²) in [5.74, 6) is 0.894. The molecule has 0 saturated heterocycles. The zero-order valence-electron chi connectivity index (χ0n) is 11.8. The van der Waals surface area contributed by atoms with Gasteiger partial charge in [0.15, 0.2) is 5.78 Å². The highest BCUT2D eigenvalue weighted by molar-refractivity contribution is 8.02. The van der Waals surface area contributed by atoms with Gasteiger partial charge in [-0.3, -0.25) is 4.79 Å². The van der Waals surface area contributed by atoms with E-state index in [-0.39, 0.29) is 5.78 Å². The standard InChI is InChI=1S/C17H16N2OS/c1-21-17(19-15-8-4-5-11-18-15)14-10-9-12-6-2-3-7-13(12)16(14)20/h2-8,11H,9-10H2,1H3,(H,18,19)/b17-14-. The fraction of sp³-hybridized carbons (Fsp3) is 0.176. The predicted molar refractivity (Wildman–Crippen MR) is 87.5 cm³/mol. The van der Waals surface area contributed by atoms with Gasteiger partial charge < -0.3 is 5.32 Å². The number of aryl methyl sites for hydroxylation is 1. The molecule has 1 aliphatic rings. The van der Waals surface area contributed by atoms with E-state index in [1.807, 2.05) is 48.7 Å². The maximum absolute atomic E-state index is 12.7. The van der Waals surface area contributed by atoms with Crippen LogP contribution in [0.15, 0.2) is 59.3 Å². The molecule has 3 rings (SSSR count). The lowest BCUT2D eigenvalue weighted by Gasteiger charge is -2.20. The first-order chi connectivity index (χ1) is 10.3. The fourth-order valence-corrected chi connectivity index (χ4v) is 3.16. The van der Waals surface area contributed by atoms with E-state index in [2.05, 4.69) is 10.3 Å². The smallest absolute Gasteiger partial charge is 0.191 e. The molecule has 0 bridgehead atoms. The van der Waals surface area contributed by atoms with Crippen LogP contribution in [0.1, 0.15) is 22.3 Å². The van der Waals surface area contributed by atoms with Crippen LogP contribution in [0.2, 0.25) is 0 Å². The Balaban J connectivity index is 1.95. The molecule has 0 aliphatic heterocycles. The third-order valence-corrected chi connectivity index (χ3v) is 4.32. The second kappa shape index (κ2) is 6.14. The van der Waals surface area contributed by atoms with Crippen molar-refractivity contribution in [1.82, 2.24) is 4.98 Å². The van der Waals surface area contributed by atoms with Crippen LogP contribution in [0.25, 0.3) is 0 Å². The van der Waals surface area contributed by atoms with Gasteiger partial charge in [0.1, 0.15) is 5.82 Å². The number of aromatic nitrogens is 1. The zero-order valence-corrected chi connectivity index (χ0v) is 12.6. The SMILES string of the molecule is CS/C(Nc1ccccn1)=C1/CCc2ccccc2C1=O. The van der Waals surface area contributed by atoms with Crippen LogP contribution in [0.4, 0.5) is 5.82 Å². The minimum Gasteiger partial charge on any atom is -0.335 e. The summed E-state index contributed by atoms with van der Waals surface area (Å²) < 4.78 is 0. The Labute approximate surface area is 128 Å². The number of rotatable bonds is 3. The molecule has 0 saturated carbocycles. The molecular weight excluding hydrogens is 280 g/mol. The minimum atomic E-state index is 0.129. The topological polar surface area (TPSA) is 42.0 Å². The fourth-order valence-electron chi connectivity index (χ4n) is 2.51. The average molecular weight is 296 g/mol. The van der Waals surface area contributed by atoms with E-state index in [4.69, 9.17) is 0 Å². The normalized spacial score (nSPS) is 16.3. The number of benzene rings is 1. The lowest BCUT2D eigenvalue weighted by atomic mass is 9.87. The van der Waals surface area contributed by atoms with Crippen LogP contribution < -0.4 is 5.32 Å². The highest BCUT2D eigenvalue weighted by Crippen LogP contribution is 2.30. The van der Waals surface area contributed by atoms with Crippen molar-refractivity contribution in [3.63, 3.8) is 0 Å². The van der Waals surface area contributed by atoms with Gasteiger partial charge in [-0.1, -0.05) is 30.3 Å². The number of Topliss-reactive ketones (excluding diaryl/α,β-unsaturated/α-hetero) is 1. The van der Waals surface area contributed by atoms with Gasteiger partial charge in [-0.25, -0.2) is 4.98 Å². The van der Waals surface area contributed by atoms with Gasteiger partial charge in [0, 0.05) is 17.3 Å². The largest absolute Gasteiger partial charge is 0.335 e. The van der Waals surface area contributed by atoms with Crippen molar-refractivity contribution in [3.05, 3.63) is 70.4 Å². The molecule has 0 unspecified atom stereocenters. The first-order valence-electron chi connectivity index (χ1n) is 6.87. The molecule has 1 aromatic carbocycles. The van der Waals surface area contributed by atoms with Crippen molar-refractivity contribution < 1.29 is 4.79 Å². The third kappa shape index (κ3) is 2.85. The Morgan fingerprint density at radius 2 is 1.95 bits per heavy atom. The molecule has 1 heterocycles. The number of pyridine rings is 1. The molecule has 106 valence electrons. The zero-order chi connectivity index (χ0) is 14.7. The number of ketones is 1. The molecule has 1 aliphatic carbocycles. The summed E-state index contributed by atoms with van der Waals surface area (Å²) in [6, 6.07) is 13.6. The first kappa shape index (κ1) is 13.9. The van der Waals surface area contributed by atoms with Crippen LogP contribution in [0.5, 0.6) is 0 Å². The van der Waals surface area contributed by atoms with E-state index in [1.54, 1.807) is 18.0 Å². The van der Waals surface area contributed by atoms with Crippen molar-refractivity contribution in [2.24, 2.45) is 0 Å². The van der Waals surface area contributed by atoms with Crippen LogP contribution in [-0.2, 0) is 6.42 Å². The number of allylic oxidation sites excluding steroid dienone is 1. The van der Waals surface area contributed by atoms with Crippen molar-refractivity contribution in [2.75, 3.05) is 11.6 Å². The van der Waals surface area contributed by atoms with Crippen molar-refractivity contribution in [2.45, 2.75) is 12.8 Å². The molecule has 0 amide bonds. The lowest BCUT2D eigenvalue weighted by molar-refractivity contribution is 0.102. The monoisotopic (exact) mass is 296 g/mol. The number of hydrogen-bond donors (Lipinski definition) is 1. The molecule has 0 radical (unpaired) electrons. The van der Waals surface area contributed by atoms with E-state index in [1.165, 1.54) is 0 Å². The van der Waals surface area contributed by atoms with E-state index >= 15 is 0 Å². The van der Waals surface area contributed by atoms with E-state index in [9.17, 15) is 4.79 Å². The highest BCUT2D eigenvalue weighted by Gasteiger charge is 2.24. The summed E-state index contributed by atoms with van der Waals surface area (Å²) >= 11 is 1.56. The highest BCUT2D eigenvalue weighted by atomic mass is 32.2. The summed E-state index contributed by atoms with van der Waals surface area (Å²) in [7, 11) is 0. The van der Waals surface area contributed by atoms with Crippen LogP contribution in [0, 0.1) is 0 Å². The van der Waals surface area contributed by atoms with Gasteiger partial charge in [0.2, 0.25) is 0 Å². The number of carbonyl (C=O) groups is 1. The maximum Gasteiger partial charge on any atom is 0.191 e. The quantitative estimate of drug-likeness (QED) is 0.872. The molecule has 21 heavy (non-hydrogen) atoms. The number of nitrogens with zero attached hydrogens (tertiary/aromatic N) is 1. The number of nitrogens with one attached hydrogen (secondary N) is 1. The van der Waals surface area contributed by atoms with E-state index in [0.29, 0.717) is 0 Å². The Bertz CT molecular complexity index is 695. The molecule has 0 atom stereocenters. The lowest BCUT2D eigenvalue weighted by Crippen LogP contribution is -2.17. The minimum absolute atomic E-state index is 0.129. The van der Waals surface area contributed by atoms with Gasteiger partial charge in [-0.05, 0) is 36.8 Å². The summed E-state index contributed by atoms with van der Waals surface area (Å²) in [6.07, 6.45) is 5.39. The van der Waals surface area contributed by atoms with Gasteiger partial charge in [-0.2, -0.15) is 0 Å². The Morgan fingerprint density at radius 3 is 2.71 bits per heavy atom. The molecule has 3 nitrogen and oxygen atoms in total. The molecule has 2 aromatic rings. The molecule has 0 spiro atoms. The average Bonchev–Trinajstić information content (AvgIpc) is 2.55.